The molecule has 3 N–H and O–H groups in total. The van der Waals surface area contributed by atoms with Crippen LogP contribution in [0.2, 0.25) is 0 Å². The Labute approximate surface area is 111 Å². The van der Waals surface area contributed by atoms with Gasteiger partial charge in [-0.3, -0.25) is 10.5 Å². The molecule has 0 saturated heterocycles. The van der Waals surface area contributed by atoms with Gasteiger partial charge >= 0.3 is 6.18 Å². The van der Waals surface area contributed by atoms with Gasteiger partial charge in [0.1, 0.15) is 0 Å². The fourth-order valence-corrected chi connectivity index (χ4v) is 2.62. The van der Waals surface area contributed by atoms with Gasteiger partial charge in [0.25, 0.3) is 0 Å². The molecule has 104 valence electrons. The highest BCUT2D eigenvalue weighted by Gasteiger charge is 2.35. The summed E-state index contributed by atoms with van der Waals surface area (Å²) in [6.45, 7) is 1.80. The number of hydrazine groups is 1. The Hall–Kier alpha value is -1.45. The van der Waals surface area contributed by atoms with Crippen LogP contribution in [0.25, 0.3) is 0 Å². The van der Waals surface area contributed by atoms with Crippen molar-refractivity contribution < 1.29 is 13.2 Å². The molecule has 2 aromatic heterocycles. The summed E-state index contributed by atoms with van der Waals surface area (Å²) in [5, 5.41) is 3.26. The molecule has 0 aliphatic heterocycles. The van der Waals surface area contributed by atoms with E-state index in [0.29, 0.717) is 21.9 Å². The Morgan fingerprint density at radius 1 is 1.47 bits per heavy atom. The molecule has 1 unspecified atom stereocenters. The number of hydrogen-bond donors (Lipinski definition) is 2. The summed E-state index contributed by atoms with van der Waals surface area (Å²) in [7, 11) is 1.71. The number of nitrogens with one attached hydrogen (secondary N) is 1. The maximum absolute atomic E-state index is 12.5. The van der Waals surface area contributed by atoms with E-state index in [1.807, 2.05) is 0 Å². The van der Waals surface area contributed by atoms with Gasteiger partial charge in [-0.2, -0.15) is 18.3 Å². The molecule has 0 amide bonds. The molecule has 0 bridgehead atoms. The van der Waals surface area contributed by atoms with Crippen molar-refractivity contribution in [2.45, 2.75) is 19.1 Å². The van der Waals surface area contributed by atoms with Gasteiger partial charge < -0.3 is 0 Å². The van der Waals surface area contributed by atoms with Crippen molar-refractivity contribution in [3.8, 4) is 0 Å². The second kappa shape index (κ2) is 4.91. The molecule has 1 atom stereocenters. The van der Waals surface area contributed by atoms with Gasteiger partial charge in [-0.25, -0.2) is 10.4 Å². The van der Waals surface area contributed by atoms with E-state index in [-0.39, 0.29) is 0 Å². The number of hydrogen-bond acceptors (Lipinski definition) is 5. The average Bonchev–Trinajstić information content (AvgIpc) is 2.87. The predicted octanol–water partition coefficient (Wildman–Crippen LogP) is 1.76. The van der Waals surface area contributed by atoms with E-state index in [4.69, 9.17) is 5.84 Å². The summed E-state index contributed by atoms with van der Waals surface area (Å²) in [4.78, 5) is 3.77. The number of aromatic nitrogens is 3. The topological polar surface area (TPSA) is 68.8 Å². The standard InChI is InChI=1S/C10H12F3N5S/c1-5-3-6(18(2)17-5)8(16-14)7-4-15-9(19-7)10(11,12)13/h3-4,8,16H,14H2,1-2H3. The van der Waals surface area contributed by atoms with Crippen LogP contribution in [0, 0.1) is 6.92 Å². The molecule has 2 rings (SSSR count). The van der Waals surface area contributed by atoms with E-state index >= 15 is 0 Å². The van der Waals surface area contributed by atoms with Crippen LogP contribution in [-0.2, 0) is 13.2 Å². The zero-order chi connectivity index (χ0) is 14.2. The lowest BCUT2D eigenvalue weighted by molar-refractivity contribution is -0.137. The summed E-state index contributed by atoms with van der Waals surface area (Å²) in [5.41, 5.74) is 3.94. The van der Waals surface area contributed by atoms with Crippen LogP contribution in [0.5, 0.6) is 0 Å². The number of thiazole rings is 1. The smallest absolute Gasteiger partial charge is 0.270 e. The molecule has 0 spiro atoms. The predicted molar refractivity (Wildman–Crippen MR) is 64.2 cm³/mol. The van der Waals surface area contributed by atoms with Gasteiger partial charge in [0, 0.05) is 18.1 Å². The summed E-state index contributed by atoms with van der Waals surface area (Å²) in [5.74, 6) is 5.44. The third-order valence-corrected chi connectivity index (χ3v) is 3.66. The number of nitrogens with zero attached hydrogens (tertiary/aromatic N) is 3. The van der Waals surface area contributed by atoms with Gasteiger partial charge in [-0.05, 0) is 13.0 Å². The molecule has 0 radical (unpaired) electrons. The van der Waals surface area contributed by atoms with Crippen molar-refractivity contribution >= 4 is 11.3 Å². The first kappa shape index (κ1) is 14.0. The molecule has 0 saturated carbocycles. The summed E-state index contributed by atoms with van der Waals surface area (Å²) < 4.78 is 39.2. The molecule has 2 heterocycles. The Morgan fingerprint density at radius 2 is 2.16 bits per heavy atom. The molecule has 0 fully saturated rings. The second-order valence-corrected chi connectivity index (χ2v) is 5.06. The number of halogens is 3. The molecule has 0 aliphatic rings. The number of rotatable bonds is 3. The molecule has 5 nitrogen and oxygen atoms in total. The lowest BCUT2D eigenvalue weighted by Gasteiger charge is -2.13. The van der Waals surface area contributed by atoms with Crippen molar-refractivity contribution in [3.05, 3.63) is 33.5 Å². The molecule has 19 heavy (non-hydrogen) atoms. The first-order valence-corrected chi connectivity index (χ1v) is 6.14. The van der Waals surface area contributed by atoms with Crippen molar-refractivity contribution in [2.24, 2.45) is 12.9 Å². The highest BCUT2D eigenvalue weighted by atomic mass is 32.1. The van der Waals surface area contributed by atoms with Gasteiger partial charge in [-0.1, -0.05) is 0 Å². The van der Waals surface area contributed by atoms with Gasteiger partial charge in [0.15, 0.2) is 5.01 Å². The maximum Gasteiger partial charge on any atom is 0.443 e. The molecule has 0 aliphatic carbocycles. The zero-order valence-corrected chi connectivity index (χ0v) is 11.0. The Bertz CT molecular complexity index is 574. The van der Waals surface area contributed by atoms with E-state index in [9.17, 15) is 13.2 Å². The van der Waals surface area contributed by atoms with E-state index in [0.717, 1.165) is 5.69 Å². The van der Waals surface area contributed by atoms with E-state index in [1.165, 1.54) is 6.20 Å². The van der Waals surface area contributed by atoms with Crippen molar-refractivity contribution in [2.75, 3.05) is 0 Å². The summed E-state index contributed by atoms with van der Waals surface area (Å²) in [6.07, 6.45) is -3.26. The molecule has 0 aromatic carbocycles. The first-order chi connectivity index (χ1) is 8.82. The summed E-state index contributed by atoms with van der Waals surface area (Å²) in [6, 6.07) is 1.19. The number of nitrogens with two attached hydrogens (primary N) is 1. The van der Waals surface area contributed by atoms with E-state index in [2.05, 4.69) is 15.5 Å². The quantitative estimate of drug-likeness (QED) is 0.668. The highest BCUT2D eigenvalue weighted by Crippen LogP contribution is 2.35. The highest BCUT2D eigenvalue weighted by molar-refractivity contribution is 7.11. The average molecular weight is 291 g/mol. The van der Waals surface area contributed by atoms with Crippen molar-refractivity contribution in [3.63, 3.8) is 0 Å². The van der Waals surface area contributed by atoms with Crippen molar-refractivity contribution in [1.82, 2.24) is 20.2 Å². The van der Waals surface area contributed by atoms with Crippen molar-refractivity contribution in [1.29, 1.82) is 0 Å². The first-order valence-electron chi connectivity index (χ1n) is 5.32. The second-order valence-electron chi connectivity index (χ2n) is 4.00. The maximum atomic E-state index is 12.5. The van der Waals surface area contributed by atoms with Crippen LogP contribution in [-0.4, -0.2) is 14.8 Å². The van der Waals surface area contributed by atoms with Gasteiger partial charge in [0.05, 0.1) is 17.4 Å². The van der Waals surface area contributed by atoms with Crippen LogP contribution < -0.4 is 11.3 Å². The SMILES string of the molecule is Cc1cc(C(NN)c2cnc(C(F)(F)F)s2)n(C)n1. The minimum Gasteiger partial charge on any atom is -0.270 e. The fraction of sp³-hybridized carbons (Fsp3) is 0.400. The van der Waals surface area contributed by atoms with E-state index < -0.39 is 17.2 Å². The Kier molecular flexibility index (Phi) is 3.61. The summed E-state index contributed by atoms with van der Waals surface area (Å²) >= 11 is 0.566. The van der Waals surface area contributed by atoms with E-state index in [1.54, 1.807) is 24.7 Å². The third-order valence-electron chi connectivity index (χ3n) is 2.55. The minimum absolute atomic E-state index is 0.387. The number of aryl methyl sites for hydroxylation is 2. The third kappa shape index (κ3) is 2.77. The lowest BCUT2D eigenvalue weighted by atomic mass is 10.2. The van der Waals surface area contributed by atoms with Crippen LogP contribution in [0.3, 0.4) is 0 Å². The van der Waals surface area contributed by atoms with Gasteiger partial charge in [0.2, 0.25) is 0 Å². The zero-order valence-electron chi connectivity index (χ0n) is 10.2. The molecular weight excluding hydrogens is 279 g/mol. The molecule has 2 aromatic rings. The number of alkyl halides is 3. The minimum atomic E-state index is -4.44. The van der Waals surface area contributed by atoms with Crippen LogP contribution >= 0.6 is 11.3 Å². The lowest BCUT2D eigenvalue weighted by Crippen LogP contribution is -2.29. The Balaban J connectivity index is 2.38. The molecule has 9 heteroatoms. The van der Waals surface area contributed by atoms with Crippen LogP contribution in [0.15, 0.2) is 12.3 Å². The monoisotopic (exact) mass is 291 g/mol. The van der Waals surface area contributed by atoms with Crippen LogP contribution in [0.4, 0.5) is 13.2 Å². The van der Waals surface area contributed by atoms with Gasteiger partial charge in [-0.15, -0.1) is 11.3 Å². The largest absolute Gasteiger partial charge is 0.443 e. The fourth-order valence-electron chi connectivity index (χ4n) is 1.77. The molecular formula is C10H12F3N5S. The normalized spacial score (nSPS) is 13.8. The van der Waals surface area contributed by atoms with Crippen LogP contribution in [0.1, 0.15) is 27.3 Å². The Morgan fingerprint density at radius 3 is 2.58 bits per heavy atom.